The SMILES string of the molecule is Nc1nc(N)c2nnn([C@@H]3O/C(=C\F)[C@@H](O)[C@H]3O)c2n1. The molecule has 0 aromatic carbocycles. The van der Waals surface area contributed by atoms with Crippen LogP contribution in [0.15, 0.2) is 12.1 Å². The van der Waals surface area contributed by atoms with Crippen LogP contribution in [0.5, 0.6) is 0 Å². The standard InChI is InChI=1S/C9H10FN7O3/c10-1-2-4(18)5(19)8(20-2)17-7-3(15-16-17)6(11)13-9(12)14-7/h1,4-5,8,18-19H,(H4,11,12,13,14)/b2-1-/t4-,5-,8-/m1/s1. The Hall–Kier alpha value is -2.53. The van der Waals surface area contributed by atoms with E-state index >= 15 is 0 Å². The average molecular weight is 283 g/mol. The topological polar surface area (TPSA) is 158 Å². The van der Waals surface area contributed by atoms with Crippen molar-refractivity contribution in [2.24, 2.45) is 0 Å². The van der Waals surface area contributed by atoms with Gasteiger partial charge in [0.05, 0.1) is 0 Å². The molecule has 10 nitrogen and oxygen atoms in total. The molecule has 0 spiro atoms. The highest BCUT2D eigenvalue weighted by Gasteiger charge is 2.42. The van der Waals surface area contributed by atoms with Crippen molar-refractivity contribution in [1.82, 2.24) is 25.0 Å². The molecular weight excluding hydrogens is 273 g/mol. The Bertz CT molecular complexity index is 702. The van der Waals surface area contributed by atoms with Gasteiger partial charge in [0, 0.05) is 0 Å². The van der Waals surface area contributed by atoms with E-state index in [1.165, 1.54) is 0 Å². The second kappa shape index (κ2) is 4.25. The fourth-order valence-electron chi connectivity index (χ4n) is 1.93. The van der Waals surface area contributed by atoms with Gasteiger partial charge in [-0.2, -0.15) is 14.6 Å². The summed E-state index contributed by atoms with van der Waals surface area (Å²) in [5.41, 5.74) is 11.3. The molecule has 0 unspecified atom stereocenters. The third kappa shape index (κ3) is 1.64. The molecule has 0 aliphatic carbocycles. The van der Waals surface area contributed by atoms with E-state index in [9.17, 15) is 14.6 Å². The molecule has 0 amide bonds. The lowest BCUT2D eigenvalue weighted by Crippen LogP contribution is -2.28. The number of fused-ring (bicyclic) bond motifs is 1. The van der Waals surface area contributed by atoms with Crippen molar-refractivity contribution in [3.05, 3.63) is 12.1 Å². The summed E-state index contributed by atoms with van der Waals surface area (Å²) in [6.07, 6.45) is -4.10. The van der Waals surface area contributed by atoms with Crippen LogP contribution in [0, 0.1) is 0 Å². The van der Waals surface area contributed by atoms with Crippen LogP contribution in [0.3, 0.4) is 0 Å². The molecule has 1 aliphatic rings. The van der Waals surface area contributed by atoms with Gasteiger partial charge in [0.15, 0.2) is 22.7 Å². The zero-order valence-electron chi connectivity index (χ0n) is 9.88. The first-order chi connectivity index (χ1) is 9.52. The molecule has 3 rings (SSSR count). The summed E-state index contributed by atoms with van der Waals surface area (Å²) in [5, 5.41) is 26.9. The molecule has 6 N–H and O–H groups in total. The number of ether oxygens (including phenoxy) is 1. The van der Waals surface area contributed by atoms with E-state index in [0.29, 0.717) is 0 Å². The Morgan fingerprint density at radius 3 is 2.70 bits per heavy atom. The molecule has 2 aromatic heterocycles. The Morgan fingerprint density at radius 1 is 1.30 bits per heavy atom. The van der Waals surface area contributed by atoms with Crippen molar-refractivity contribution in [2.45, 2.75) is 18.4 Å². The molecular formula is C9H10FN7O3. The fourth-order valence-corrected chi connectivity index (χ4v) is 1.93. The number of aromatic nitrogens is 5. The van der Waals surface area contributed by atoms with Crippen molar-refractivity contribution < 1.29 is 19.3 Å². The minimum absolute atomic E-state index is 0.00745. The Kier molecular flexibility index (Phi) is 2.65. The summed E-state index contributed by atoms with van der Waals surface area (Å²) in [4.78, 5) is 7.60. The van der Waals surface area contributed by atoms with Gasteiger partial charge in [-0.25, -0.2) is 4.39 Å². The van der Waals surface area contributed by atoms with E-state index in [1.54, 1.807) is 0 Å². The third-order valence-electron chi connectivity index (χ3n) is 2.88. The highest BCUT2D eigenvalue weighted by Crippen LogP contribution is 2.33. The number of hydrogen-bond acceptors (Lipinski definition) is 9. The average Bonchev–Trinajstić information content (AvgIpc) is 2.93. The van der Waals surface area contributed by atoms with Crippen LogP contribution in [-0.4, -0.2) is 47.4 Å². The molecule has 3 heterocycles. The van der Waals surface area contributed by atoms with E-state index in [2.05, 4.69) is 20.3 Å². The third-order valence-corrected chi connectivity index (χ3v) is 2.88. The summed E-state index contributed by atoms with van der Waals surface area (Å²) in [5.74, 6) is -0.526. The van der Waals surface area contributed by atoms with Gasteiger partial charge in [0.25, 0.3) is 0 Å². The van der Waals surface area contributed by atoms with E-state index in [-0.39, 0.29) is 29.3 Å². The van der Waals surface area contributed by atoms with Gasteiger partial charge in [-0.3, -0.25) is 0 Å². The monoisotopic (exact) mass is 283 g/mol. The molecule has 0 bridgehead atoms. The lowest BCUT2D eigenvalue weighted by Gasteiger charge is -2.14. The summed E-state index contributed by atoms with van der Waals surface area (Å²) in [6.45, 7) is 0. The number of anilines is 2. The van der Waals surface area contributed by atoms with Crippen LogP contribution >= 0.6 is 0 Å². The van der Waals surface area contributed by atoms with Crippen LogP contribution in [0.25, 0.3) is 11.2 Å². The van der Waals surface area contributed by atoms with E-state index in [1.807, 2.05) is 0 Å². The first-order valence-corrected chi connectivity index (χ1v) is 5.50. The van der Waals surface area contributed by atoms with Crippen LogP contribution in [0.2, 0.25) is 0 Å². The maximum Gasteiger partial charge on any atom is 0.224 e. The molecule has 1 fully saturated rings. The Morgan fingerprint density at radius 2 is 2.05 bits per heavy atom. The Labute approximate surface area is 110 Å². The number of nitrogens with zero attached hydrogens (tertiary/aromatic N) is 5. The zero-order valence-corrected chi connectivity index (χ0v) is 9.88. The molecule has 1 aliphatic heterocycles. The van der Waals surface area contributed by atoms with Gasteiger partial charge in [-0.15, -0.1) is 5.10 Å². The highest BCUT2D eigenvalue weighted by atomic mass is 19.1. The lowest BCUT2D eigenvalue weighted by molar-refractivity contribution is -0.0193. The van der Waals surface area contributed by atoms with Gasteiger partial charge < -0.3 is 26.4 Å². The quantitative estimate of drug-likeness (QED) is 0.485. The number of nitrogen functional groups attached to an aromatic ring is 2. The van der Waals surface area contributed by atoms with E-state index < -0.39 is 24.2 Å². The second-order valence-electron chi connectivity index (χ2n) is 4.13. The maximum absolute atomic E-state index is 12.5. The fraction of sp³-hybridized carbons (Fsp3) is 0.333. The van der Waals surface area contributed by atoms with Crippen molar-refractivity contribution in [2.75, 3.05) is 11.5 Å². The Balaban J connectivity index is 2.12. The molecule has 11 heteroatoms. The van der Waals surface area contributed by atoms with E-state index in [0.717, 1.165) is 4.68 Å². The predicted molar refractivity (Wildman–Crippen MR) is 63.3 cm³/mol. The maximum atomic E-state index is 12.5. The van der Waals surface area contributed by atoms with Crippen LogP contribution in [-0.2, 0) is 4.74 Å². The summed E-state index contributed by atoms with van der Waals surface area (Å²) >= 11 is 0. The van der Waals surface area contributed by atoms with Crippen molar-refractivity contribution in [1.29, 1.82) is 0 Å². The zero-order chi connectivity index (χ0) is 14.4. The molecule has 0 radical (unpaired) electrons. The molecule has 1 saturated heterocycles. The molecule has 2 aromatic rings. The summed E-state index contributed by atoms with van der Waals surface area (Å²) in [6, 6.07) is 0. The van der Waals surface area contributed by atoms with E-state index in [4.69, 9.17) is 16.2 Å². The van der Waals surface area contributed by atoms with Crippen LogP contribution in [0.4, 0.5) is 16.2 Å². The van der Waals surface area contributed by atoms with Crippen molar-refractivity contribution in [3.8, 4) is 0 Å². The van der Waals surface area contributed by atoms with Crippen LogP contribution in [0.1, 0.15) is 6.23 Å². The van der Waals surface area contributed by atoms with Crippen molar-refractivity contribution in [3.63, 3.8) is 0 Å². The van der Waals surface area contributed by atoms with Gasteiger partial charge in [-0.1, -0.05) is 5.21 Å². The smallest absolute Gasteiger partial charge is 0.224 e. The normalized spacial score (nSPS) is 28.1. The first kappa shape index (κ1) is 12.5. The molecule has 20 heavy (non-hydrogen) atoms. The number of aliphatic hydroxyl groups is 2. The second-order valence-corrected chi connectivity index (χ2v) is 4.13. The number of aliphatic hydroxyl groups excluding tert-OH is 2. The summed E-state index contributed by atoms with van der Waals surface area (Å²) < 4.78 is 18.6. The van der Waals surface area contributed by atoms with Crippen molar-refractivity contribution >= 4 is 22.9 Å². The predicted octanol–water partition coefficient (Wildman–Crippen LogP) is -1.55. The van der Waals surface area contributed by atoms with Crippen LogP contribution < -0.4 is 11.5 Å². The minimum atomic E-state index is -1.51. The largest absolute Gasteiger partial charge is 0.465 e. The lowest BCUT2D eigenvalue weighted by atomic mass is 10.2. The minimum Gasteiger partial charge on any atom is -0.465 e. The number of rotatable bonds is 1. The van der Waals surface area contributed by atoms with Gasteiger partial charge in [0.1, 0.15) is 18.5 Å². The van der Waals surface area contributed by atoms with Gasteiger partial charge in [-0.05, 0) is 0 Å². The van der Waals surface area contributed by atoms with Gasteiger partial charge >= 0.3 is 0 Å². The number of hydrogen-bond donors (Lipinski definition) is 4. The first-order valence-electron chi connectivity index (χ1n) is 5.50. The summed E-state index contributed by atoms with van der Waals surface area (Å²) in [7, 11) is 0. The molecule has 0 saturated carbocycles. The number of nitrogens with two attached hydrogens (primary N) is 2. The van der Waals surface area contributed by atoms with Gasteiger partial charge in [0.2, 0.25) is 12.2 Å². The highest BCUT2D eigenvalue weighted by molar-refractivity contribution is 5.81. The molecule has 106 valence electrons. The number of halogens is 1. The molecule has 3 atom stereocenters.